The van der Waals surface area contributed by atoms with Gasteiger partial charge in [-0.2, -0.15) is 5.10 Å². The third-order valence-corrected chi connectivity index (χ3v) is 4.99. The van der Waals surface area contributed by atoms with E-state index in [1.54, 1.807) is 10.9 Å². The average Bonchev–Trinajstić information content (AvgIpc) is 3.39. The van der Waals surface area contributed by atoms with Crippen LogP contribution in [0.1, 0.15) is 47.1 Å². The van der Waals surface area contributed by atoms with Gasteiger partial charge < -0.3 is 9.73 Å². The SMILES string of the molecule is Cc1oc(-c2ccc(NC(=O)c3ccc(C(C)C)cc3)cc2)nc1Cn1cccn1. The van der Waals surface area contributed by atoms with Crippen LogP contribution in [0.25, 0.3) is 11.5 Å². The number of nitrogens with zero attached hydrogens (tertiary/aromatic N) is 3. The molecule has 4 rings (SSSR count). The molecule has 2 aromatic carbocycles. The topological polar surface area (TPSA) is 73.0 Å². The van der Waals surface area contributed by atoms with Crippen LogP contribution in [0.15, 0.2) is 71.4 Å². The first-order valence-corrected chi connectivity index (χ1v) is 9.95. The quantitative estimate of drug-likeness (QED) is 0.478. The maximum atomic E-state index is 12.5. The molecule has 0 saturated heterocycles. The second-order valence-electron chi connectivity index (χ2n) is 7.53. The summed E-state index contributed by atoms with van der Waals surface area (Å²) in [5.41, 5.74) is 4.26. The van der Waals surface area contributed by atoms with Crippen LogP contribution in [0.2, 0.25) is 0 Å². The third kappa shape index (κ3) is 4.33. The Morgan fingerprint density at radius 1 is 1.10 bits per heavy atom. The standard InChI is InChI=1S/C24H24N4O2/c1-16(2)18-5-7-19(8-6-18)23(29)26-21-11-9-20(10-12-21)24-27-22(17(3)30-24)15-28-14-4-13-25-28/h4-14,16H,15H2,1-3H3,(H,26,29). The molecule has 30 heavy (non-hydrogen) atoms. The fourth-order valence-corrected chi connectivity index (χ4v) is 3.16. The van der Waals surface area contributed by atoms with Crippen molar-refractivity contribution in [1.82, 2.24) is 14.8 Å². The van der Waals surface area contributed by atoms with E-state index in [1.807, 2.05) is 67.7 Å². The lowest BCUT2D eigenvalue weighted by molar-refractivity contribution is 0.102. The predicted molar refractivity (Wildman–Crippen MR) is 116 cm³/mol. The van der Waals surface area contributed by atoms with Crippen molar-refractivity contribution < 1.29 is 9.21 Å². The molecule has 0 unspecified atom stereocenters. The summed E-state index contributed by atoms with van der Waals surface area (Å²) in [5.74, 6) is 1.62. The monoisotopic (exact) mass is 400 g/mol. The minimum Gasteiger partial charge on any atom is -0.441 e. The number of oxazole rings is 1. The number of amides is 1. The van der Waals surface area contributed by atoms with Gasteiger partial charge >= 0.3 is 0 Å². The second kappa shape index (κ2) is 8.37. The number of rotatable bonds is 6. The van der Waals surface area contributed by atoms with Crippen molar-refractivity contribution in [2.45, 2.75) is 33.2 Å². The number of anilines is 1. The van der Waals surface area contributed by atoms with E-state index >= 15 is 0 Å². The van der Waals surface area contributed by atoms with Crippen LogP contribution in [-0.2, 0) is 6.54 Å². The molecule has 2 heterocycles. The van der Waals surface area contributed by atoms with Crippen LogP contribution in [0.4, 0.5) is 5.69 Å². The fraction of sp³-hybridized carbons (Fsp3) is 0.208. The lowest BCUT2D eigenvalue weighted by atomic mass is 10.0. The van der Waals surface area contributed by atoms with Gasteiger partial charge in [0.1, 0.15) is 11.5 Å². The Balaban J connectivity index is 1.44. The largest absolute Gasteiger partial charge is 0.441 e. The van der Waals surface area contributed by atoms with E-state index in [0.29, 0.717) is 23.9 Å². The van der Waals surface area contributed by atoms with Gasteiger partial charge in [-0.3, -0.25) is 9.48 Å². The zero-order chi connectivity index (χ0) is 21.1. The molecule has 0 radical (unpaired) electrons. The summed E-state index contributed by atoms with van der Waals surface area (Å²) in [5, 5.41) is 7.14. The summed E-state index contributed by atoms with van der Waals surface area (Å²) in [4.78, 5) is 17.1. The average molecular weight is 400 g/mol. The van der Waals surface area contributed by atoms with Gasteiger partial charge in [-0.05, 0) is 60.9 Å². The Morgan fingerprint density at radius 3 is 2.47 bits per heavy atom. The van der Waals surface area contributed by atoms with E-state index in [4.69, 9.17) is 4.42 Å². The Morgan fingerprint density at radius 2 is 1.83 bits per heavy atom. The van der Waals surface area contributed by atoms with E-state index in [9.17, 15) is 4.79 Å². The van der Waals surface area contributed by atoms with Gasteiger partial charge in [-0.25, -0.2) is 4.98 Å². The first-order chi connectivity index (χ1) is 14.5. The number of carbonyl (C=O) groups is 1. The number of aromatic nitrogens is 3. The maximum Gasteiger partial charge on any atom is 0.255 e. The molecule has 4 aromatic rings. The first kappa shape index (κ1) is 19.6. The summed E-state index contributed by atoms with van der Waals surface area (Å²) in [6.07, 6.45) is 3.63. The van der Waals surface area contributed by atoms with Gasteiger partial charge in [-0.15, -0.1) is 0 Å². The van der Waals surface area contributed by atoms with Gasteiger partial charge in [-0.1, -0.05) is 26.0 Å². The Hall–Kier alpha value is -3.67. The van der Waals surface area contributed by atoms with E-state index in [-0.39, 0.29) is 5.91 Å². The highest BCUT2D eigenvalue weighted by Crippen LogP contribution is 2.24. The van der Waals surface area contributed by atoms with Gasteiger partial charge in [0, 0.05) is 29.2 Å². The lowest BCUT2D eigenvalue weighted by Crippen LogP contribution is -2.11. The number of hydrogen-bond acceptors (Lipinski definition) is 4. The Bertz CT molecular complexity index is 1130. The molecule has 0 aliphatic carbocycles. The summed E-state index contributed by atoms with van der Waals surface area (Å²) in [6.45, 7) is 6.72. The molecule has 6 heteroatoms. The highest BCUT2D eigenvalue weighted by Gasteiger charge is 2.13. The summed E-state index contributed by atoms with van der Waals surface area (Å²) in [7, 11) is 0. The molecule has 0 atom stereocenters. The molecule has 152 valence electrons. The number of carbonyl (C=O) groups excluding carboxylic acids is 1. The Labute approximate surface area is 175 Å². The van der Waals surface area contributed by atoms with Crippen molar-refractivity contribution in [3.63, 3.8) is 0 Å². The smallest absolute Gasteiger partial charge is 0.255 e. The third-order valence-electron chi connectivity index (χ3n) is 4.99. The predicted octanol–water partition coefficient (Wildman–Crippen LogP) is 5.27. The van der Waals surface area contributed by atoms with Crippen LogP contribution in [0.3, 0.4) is 0 Å². The highest BCUT2D eigenvalue weighted by atomic mass is 16.4. The second-order valence-corrected chi connectivity index (χ2v) is 7.53. The maximum absolute atomic E-state index is 12.5. The zero-order valence-electron chi connectivity index (χ0n) is 17.3. The van der Waals surface area contributed by atoms with E-state index in [2.05, 4.69) is 29.2 Å². The molecule has 2 aromatic heterocycles. The van der Waals surface area contributed by atoms with Gasteiger partial charge in [0.2, 0.25) is 5.89 Å². The summed E-state index contributed by atoms with van der Waals surface area (Å²) in [6, 6.07) is 17.1. The van der Waals surface area contributed by atoms with E-state index < -0.39 is 0 Å². The molecule has 1 N–H and O–H groups in total. The van der Waals surface area contributed by atoms with Crippen molar-refractivity contribution in [3.05, 3.63) is 89.6 Å². The van der Waals surface area contributed by atoms with Crippen molar-refractivity contribution >= 4 is 11.6 Å². The fourth-order valence-electron chi connectivity index (χ4n) is 3.16. The van der Waals surface area contributed by atoms with Crippen LogP contribution >= 0.6 is 0 Å². The number of hydrogen-bond donors (Lipinski definition) is 1. The molecule has 6 nitrogen and oxygen atoms in total. The van der Waals surface area contributed by atoms with Crippen LogP contribution in [-0.4, -0.2) is 20.7 Å². The van der Waals surface area contributed by atoms with Crippen molar-refractivity contribution in [1.29, 1.82) is 0 Å². The number of benzene rings is 2. The molecule has 0 bridgehead atoms. The van der Waals surface area contributed by atoms with Gasteiger partial charge in [0.15, 0.2) is 0 Å². The van der Waals surface area contributed by atoms with E-state index in [1.165, 1.54) is 5.56 Å². The minimum absolute atomic E-state index is 0.133. The normalized spacial score (nSPS) is 11.1. The number of nitrogens with one attached hydrogen (secondary N) is 1. The van der Waals surface area contributed by atoms with E-state index in [0.717, 1.165) is 22.7 Å². The molecular formula is C24H24N4O2. The minimum atomic E-state index is -0.133. The van der Waals surface area contributed by atoms with Crippen molar-refractivity contribution in [2.24, 2.45) is 0 Å². The molecule has 1 amide bonds. The Kier molecular flexibility index (Phi) is 5.48. The highest BCUT2D eigenvalue weighted by molar-refractivity contribution is 6.04. The summed E-state index contributed by atoms with van der Waals surface area (Å²) < 4.78 is 7.64. The molecule has 0 aliphatic heterocycles. The van der Waals surface area contributed by atoms with Crippen LogP contribution < -0.4 is 5.32 Å². The molecular weight excluding hydrogens is 376 g/mol. The van der Waals surface area contributed by atoms with Crippen LogP contribution in [0, 0.1) is 6.92 Å². The van der Waals surface area contributed by atoms with Gasteiger partial charge in [0.05, 0.1) is 6.54 Å². The number of aryl methyl sites for hydroxylation is 1. The lowest BCUT2D eigenvalue weighted by Gasteiger charge is -2.08. The molecule has 0 fully saturated rings. The first-order valence-electron chi connectivity index (χ1n) is 9.95. The van der Waals surface area contributed by atoms with Crippen LogP contribution in [0.5, 0.6) is 0 Å². The molecule has 0 saturated carbocycles. The summed E-state index contributed by atoms with van der Waals surface area (Å²) >= 11 is 0. The molecule has 0 spiro atoms. The van der Waals surface area contributed by atoms with Crippen molar-refractivity contribution in [3.8, 4) is 11.5 Å². The van der Waals surface area contributed by atoms with Crippen molar-refractivity contribution in [2.75, 3.05) is 5.32 Å². The zero-order valence-corrected chi connectivity index (χ0v) is 17.3. The molecule has 0 aliphatic rings. The van der Waals surface area contributed by atoms with Gasteiger partial charge in [0.25, 0.3) is 5.91 Å².